The van der Waals surface area contributed by atoms with Crippen LogP contribution in [0.3, 0.4) is 0 Å². The maximum absolute atomic E-state index is 12.9. The Morgan fingerprint density at radius 3 is 2.75 bits per heavy atom. The second-order valence-corrected chi connectivity index (χ2v) is 9.59. The lowest BCUT2D eigenvalue weighted by Crippen LogP contribution is -2.35. The average molecular weight is 490 g/mol. The van der Waals surface area contributed by atoms with Crippen molar-refractivity contribution in [1.29, 1.82) is 0 Å². The Kier molecular flexibility index (Phi) is 7.73. The molecule has 2 fully saturated rings. The van der Waals surface area contributed by atoms with Crippen molar-refractivity contribution < 1.29 is 19.0 Å². The molecular formula is C24H24ClNO4S2. The number of rotatable bonds is 8. The van der Waals surface area contributed by atoms with Crippen molar-refractivity contribution >= 4 is 51.9 Å². The molecule has 4 rings (SSSR count). The monoisotopic (exact) mass is 489 g/mol. The molecule has 2 heterocycles. The Labute approximate surface area is 202 Å². The Balaban J connectivity index is 1.47. The van der Waals surface area contributed by atoms with E-state index >= 15 is 0 Å². The van der Waals surface area contributed by atoms with Crippen molar-refractivity contribution in [1.82, 2.24) is 4.90 Å². The maximum atomic E-state index is 12.9. The van der Waals surface area contributed by atoms with Gasteiger partial charge in [0.1, 0.15) is 10.9 Å². The number of ether oxygens (including phenoxy) is 3. The second-order valence-electron chi connectivity index (χ2n) is 7.48. The number of thioether (sulfide) groups is 1. The van der Waals surface area contributed by atoms with E-state index in [1.54, 1.807) is 4.90 Å². The van der Waals surface area contributed by atoms with Crippen LogP contribution in [0, 0.1) is 0 Å². The third-order valence-electron chi connectivity index (χ3n) is 5.16. The average Bonchev–Trinajstić information content (AvgIpc) is 3.39. The van der Waals surface area contributed by atoms with Crippen LogP contribution in [0.25, 0.3) is 6.08 Å². The molecule has 2 saturated heterocycles. The number of nitrogens with zero attached hydrogens (tertiary/aromatic N) is 1. The summed E-state index contributed by atoms with van der Waals surface area (Å²) in [6.07, 6.45) is 3.91. The zero-order chi connectivity index (χ0) is 22.5. The molecule has 0 aliphatic carbocycles. The van der Waals surface area contributed by atoms with Crippen LogP contribution in [0.15, 0.2) is 47.4 Å². The Hall–Kier alpha value is -2.06. The van der Waals surface area contributed by atoms with Gasteiger partial charge < -0.3 is 14.2 Å². The smallest absolute Gasteiger partial charge is 0.266 e. The van der Waals surface area contributed by atoms with Crippen LogP contribution in [-0.4, -0.2) is 41.0 Å². The SMILES string of the molecule is CCOc1cc(/C=C2\SC(=S)N(C[C@H]3CCCO3)C2=O)ccc1OCc1ccc(Cl)cc1. The number of hydrogen-bond acceptors (Lipinski definition) is 6. The minimum atomic E-state index is -0.0727. The zero-order valence-corrected chi connectivity index (χ0v) is 20.1. The van der Waals surface area contributed by atoms with E-state index in [4.69, 9.17) is 38.0 Å². The molecule has 0 bridgehead atoms. The standard InChI is InChI=1S/C24H24ClNO4S2/c1-2-28-21-12-17(7-10-20(21)30-15-16-5-8-18(25)9-6-16)13-22-23(27)26(24(31)32-22)14-19-4-3-11-29-19/h5-10,12-13,19H,2-4,11,14-15H2,1H3/b22-13-/t19-/m1/s1. The van der Waals surface area contributed by atoms with E-state index in [0.717, 1.165) is 30.6 Å². The first kappa shape index (κ1) is 23.1. The van der Waals surface area contributed by atoms with E-state index in [9.17, 15) is 4.79 Å². The quantitative estimate of drug-likeness (QED) is 0.350. The first-order valence-corrected chi connectivity index (χ1v) is 12.1. The van der Waals surface area contributed by atoms with E-state index in [-0.39, 0.29) is 12.0 Å². The number of halogens is 1. The molecule has 32 heavy (non-hydrogen) atoms. The molecule has 2 aromatic carbocycles. The summed E-state index contributed by atoms with van der Waals surface area (Å²) in [6, 6.07) is 13.2. The highest BCUT2D eigenvalue weighted by atomic mass is 35.5. The highest BCUT2D eigenvalue weighted by molar-refractivity contribution is 8.26. The lowest BCUT2D eigenvalue weighted by Gasteiger charge is -2.18. The summed E-state index contributed by atoms with van der Waals surface area (Å²) >= 11 is 12.7. The van der Waals surface area contributed by atoms with Crippen LogP contribution in [0.2, 0.25) is 5.02 Å². The molecule has 2 aliphatic rings. The molecule has 2 aromatic rings. The first-order valence-electron chi connectivity index (χ1n) is 10.5. The number of carbonyl (C=O) groups is 1. The van der Waals surface area contributed by atoms with E-state index in [1.165, 1.54) is 11.8 Å². The summed E-state index contributed by atoms with van der Waals surface area (Å²) in [5.41, 5.74) is 1.86. The van der Waals surface area contributed by atoms with Gasteiger partial charge in [-0.25, -0.2) is 0 Å². The molecule has 0 radical (unpaired) electrons. The summed E-state index contributed by atoms with van der Waals surface area (Å²) in [6.45, 7) is 4.10. The minimum absolute atomic E-state index is 0.0680. The van der Waals surface area contributed by atoms with Crippen LogP contribution in [0.1, 0.15) is 30.9 Å². The van der Waals surface area contributed by atoms with Crippen LogP contribution in [-0.2, 0) is 16.1 Å². The van der Waals surface area contributed by atoms with Gasteiger partial charge in [0.25, 0.3) is 5.91 Å². The number of benzene rings is 2. The van der Waals surface area contributed by atoms with E-state index < -0.39 is 0 Å². The highest BCUT2D eigenvalue weighted by Gasteiger charge is 2.34. The topological polar surface area (TPSA) is 48.0 Å². The number of thiocarbonyl (C=S) groups is 1. The molecule has 0 saturated carbocycles. The largest absolute Gasteiger partial charge is 0.490 e. The van der Waals surface area contributed by atoms with Gasteiger partial charge in [-0.15, -0.1) is 0 Å². The van der Waals surface area contributed by atoms with Gasteiger partial charge in [-0.2, -0.15) is 0 Å². The van der Waals surface area contributed by atoms with Gasteiger partial charge >= 0.3 is 0 Å². The van der Waals surface area contributed by atoms with Gasteiger partial charge in [0.2, 0.25) is 0 Å². The number of hydrogen-bond donors (Lipinski definition) is 0. The van der Waals surface area contributed by atoms with Crippen LogP contribution >= 0.6 is 35.6 Å². The molecular weight excluding hydrogens is 466 g/mol. The summed E-state index contributed by atoms with van der Waals surface area (Å²) < 4.78 is 18.0. The maximum Gasteiger partial charge on any atom is 0.266 e. The van der Waals surface area contributed by atoms with Gasteiger partial charge in [-0.05, 0) is 61.2 Å². The third-order valence-corrected chi connectivity index (χ3v) is 6.79. The summed E-state index contributed by atoms with van der Waals surface area (Å²) in [4.78, 5) is 15.1. The van der Waals surface area contributed by atoms with Gasteiger partial charge in [0, 0.05) is 11.6 Å². The molecule has 1 atom stereocenters. The van der Waals surface area contributed by atoms with Crippen LogP contribution < -0.4 is 9.47 Å². The fourth-order valence-electron chi connectivity index (χ4n) is 3.54. The Bertz CT molecular complexity index is 1020. The van der Waals surface area contributed by atoms with Gasteiger partial charge in [-0.3, -0.25) is 9.69 Å². The van der Waals surface area contributed by atoms with Gasteiger partial charge in [0.05, 0.1) is 24.2 Å². The van der Waals surface area contributed by atoms with E-state index in [0.29, 0.717) is 45.5 Å². The first-order chi connectivity index (χ1) is 15.5. The number of amides is 1. The summed E-state index contributed by atoms with van der Waals surface area (Å²) in [5, 5.41) is 0.689. The van der Waals surface area contributed by atoms with Crippen molar-refractivity contribution in [2.75, 3.05) is 19.8 Å². The Morgan fingerprint density at radius 2 is 2.03 bits per heavy atom. The molecule has 0 N–H and O–H groups in total. The molecule has 8 heteroatoms. The van der Waals surface area contributed by atoms with Gasteiger partial charge in [0.15, 0.2) is 11.5 Å². The lowest BCUT2D eigenvalue weighted by molar-refractivity contribution is -0.123. The van der Waals surface area contributed by atoms with Crippen molar-refractivity contribution in [3.05, 3.63) is 63.5 Å². The third kappa shape index (κ3) is 5.64. The fourth-order valence-corrected chi connectivity index (χ4v) is 4.95. The fraction of sp³-hybridized carbons (Fsp3) is 0.333. The molecule has 0 aromatic heterocycles. The van der Waals surface area contributed by atoms with Crippen LogP contribution in [0.4, 0.5) is 0 Å². The van der Waals surface area contributed by atoms with Gasteiger partial charge in [-0.1, -0.05) is 53.8 Å². The minimum Gasteiger partial charge on any atom is -0.490 e. The molecule has 168 valence electrons. The summed E-state index contributed by atoms with van der Waals surface area (Å²) in [7, 11) is 0. The molecule has 5 nitrogen and oxygen atoms in total. The van der Waals surface area contributed by atoms with Crippen molar-refractivity contribution in [2.24, 2.45) is 0 Å². The van der Waals surface area contributed by atoms with E-state index in [2.05, 4.69) is 0 Å². The lowest BCUT2D eigenvalue weighted by atomic mass is 10.1. The normalized spacial score (nSPS) is 19.8. The molecule has 0 spiro atoms. The van der Waals surface area contributed by atoms with Crippen molar-refractivity contribution in [2.45, 2.75) is 32.5 Å². The van der Waals surface area contributed by atoms with E-state index in [1.807, 2.05) is 55.5 Å². The second kappa shape index (κ2) is 10.7. The van der Waals surface area contributed by atoms with Crippen LogP contribution in [0.5, 0.6) is 11.5 Å². The molecule has 0 unspecified atom stereocenters. The molecule has 2 aliphatic heterocycles. The van der Waals surface area contributed by atoms with Crippen molar-refractivity contribution in [3.63, 3.8) is 0 Å². The summed E-state index contributed by atoms with van der Waals surface area (Å²) in [5.74, 6) is 1.20. The highest BCUT2D eigenvalue weighted by Crippen LogP contribution is 2.35. The number of carbonyl (C=O) groups excluding carboxylic acids is 1. The Morgan fingerprint density at radius 1 is 1.22 bits per heavy atom. The zero-order valence-electron chi connectivity index (χ0n) is 17.7. The van der Waals surface area contributed by atoms with Crippen molar-refractivity contribution in [3.8, 4) is 11.5 Å². The molecule has 1 amide bonds. The predicted molar refractivity (Wildman–Crippen MR) is 132 cm³/mol. The predicted octanol–water partition coefficient (Wildman–Crippen LogP) is 5.70.